The summed E-state index contributed by atoms with van der Waals surface area (Å²) >= 11 is 0. The third kappa shape index (κ3) is 1.67. The number of H-pyrrole nitrogens is 1. The second-order valence-electron chi connectivity index (χ2n) is 3.30. The first-order valence-corrected chi connectivity index (χ1v) is 4.52. The Balaban J connectivity index is 2.34. The average molecular weight is 188 g/mol. The molecule has 0 aliphatic heterocycles. The summed E-state index contributed by atoms with van der Waals surface area (Å²) in [6.45, 7) is 2.05. The molecule has 72 valence electrons. The first-order valence-electron chi connectivity index (χ1n) is 4.52. The summed E-state index contributed by atoms with van der Waals surface area (Å²) in [6.07, 6.45) is 0. The highest BCUT2D eigenvalue weighted by Gasteiger charge is 2.01. The minimum absolute atomic E-state index is 0.00113. The van der Waals surface area contributed by atoms with E-state index in [0.717, 1.165) is 17.0 Å². The third-order valence-corrected chi connectivity index (χ3v) is 2.15. The zero-order valence-electron chi connectivity index (χ0n) is 7.99. The molecule has 2 N–H and O–H groups in total. The van der Waals surface area contributed by atoms with E-state index in [1.165, 1.54) is 5.56 Å². The van der Waals surface area contributed by atoms with Crippen molar-refractivity contribution in [1.82, 2.24) is 10.2 Å². The van der Waals surface area contributed by atoms with Crippen LogP contribution >= 0.6 is 0 Å². The molecule has 0 unspecified atom stereocenters. The van der Waals surface area contributed by atoms with Gasteiger partial charge in [-0.15, -0.1) is 0 Å². The van der Waals surface area contributed by atoms with Crippen LogP contribution in [0.3, 0.4) is 0 Å². The Morgan fingerprint density at radius 3 is 2.57 bits per heavy atom. The molecular formula is C11H12N2O. The second-order valence-corrected chi connectivity index (χ2v) is 3.30. The van der Waals surface area contributed by atoms with Gasteiger partial charge in [-0.3, -0.25) is 5.10 Å². The minimum atomic E-state index is -0.00113. The number of hydrogen-bond acceptors (Lipinski definition) is 2. The van der Waals surface area contributed by atoms with E-state index in [1.54, 1.807) is 0 Å². The molecule has 0 amide bonds. The fraction of sp³-hybridized carbons (Fsp3) is 0.182. The van der Waals surface area contributed by atoms with E-state index in [1.807, 2.05) is 37.3 Å². The van der Waals surface area contributed by atoms with Gasteiger partial charge < -0.3 is 5.11 Å². The lowest BCUT2D eigenvalue weighted by Crippen LogP contribution is -1.79. The summed E-state index contributed by atoms with van der Waals surface area (Å²) in [5.41, 5.74) is 3.90. The lowest BCUT2D eigenvalue weighted by atomic mass is 10.1. The largest absolute Gasteiger partial charge is 0.390 e. The van der Waals surface area contributed by atoms with Crippen LogP contribution in [-0.2, 0) is 6.61 Å². The lowest BCUT2D eigenvalue weighted by molar-refractivity contribution is 0.276. The highest BCUT2D eigenvalue weighted by atomic mass is 16.3. The lowest BCUT2D eigenvalue weighted by Gasteiger charge is -1.95. The number of benzene rings is 1. The summed E-state index contributed by atoms with van der Waals surface area (Å²) in [7, 11) is 0. The number of rotatable bonds is 2. The first-order chi connectivity index (χ1) is 6.79. The topological polar surface area (TPSA) is 48.9 Å². The van der Waals surface area contributed by atoms with Gasteiger partial charge in [0, 0.05) is 5.56 Å². The molecule has 0 bridgehead atoms. The summed E-state index contributed by atoms with van der Waals surface area (Å²) < 4.78 is 0. The maximum absolute atomic E-state index is 8.87. The Morgan fingerprint density at radius 2 is 2.00 bits per heavy atom. The van der Waals surface area contributed by atoms with Gasteiger partial charge in [0.1, 0.15) is 0 Å². The number of hydrogen-bond donors (Lipinski definition) is 2. The summed E-state index contributed by atoms with van der Waals surface area (Å²) in [4.78, 5) is 0. The number of aromatic amines is 1. The smallest absolute Gasteiger partial charge is 0.0924 e. The molecule has 0 saturated carbocycles. The predicted octanol–water partition coefficient (Wildman–Crippen LogP) is 1.88. The Morgan fingerprint density at radius 1 is 1.29 bits per heavy atom. The van der Waals surface area contributed by atoms with Gasteiger partial charge in [0.05, 0.1) is 18.0 Å². The third-order valence-electron chi connectivity index (χ3n) is 2.15. The first kappa shape index (κ1) is 8.97. The molecule has 1 aromatic carbocycles. The van der Waals surface area contributed by atoms with Crippen molar-refractivity contribution in [2.24, 2.45) is 0 Å². The standard InChI is InChI=1S/C11H12N2O/c1-8-2-4-9(5-3-8)11-6-10(7-14)12-13-11/h2-6,14H,7H2,1H3,(H,12,13). The quantitative estimate of drug-likeness (QED) is 0.756. The van der Waals surface area contributed by atoms with Crippen LogP contribution in [0, 0.1) is 6.92 Å². The number of nitrogens with one attached hydrogen (secondary N) is 1. The number of aliphatic hydroxyl groups excluding tert-OH is 1. The molecule has 2 rings (SSSR count). The molecule has 0 aliphatic carbocycles. The van der Waals surface area contributed by atoms with Gasteiger partial charge in [0.15, 0.2) is 0 Å². The molecule has 0 fully saturated rings. The van der Waals surface area contributed by atoms with E-state index in [2.05, 4.69) is 10.2 Å². The highest BCUT2D eigenvalue weighted by Crippen LogP contribution is 2.17. The molecule has 14 heavy (non-hydrogen) atoms. The van der Waals surface area contributed by atoms with Crippen LogP contribution in [0.5, 0.6) is 0 Å². The van der Waals surface area contributed by atoms with Crippen LogP contribution in [0.15, 0.2) is 30.3 Å². The van der Waals surface area contributed by atoms with E-state index in [-0.39, 0.29) is 6.61 Å². The average Bonchev–Trinajstić information content (AvgIpc) is 2.67. The molecule has 2 aromatic rings. The van der Waals surface area contributed by atoms with Gasteiger partial charge >= 0.3 is 0 Å². The summed E-state index contributed by atoms with van der Waals surface area (Å²) in [5.74, 6) is 0. The predicted molar refractivity (Wildman–Crippen MR) is 54.7 cm³/mol. The molecule has 1 heterocycles. The van der Waals surface area contributed by atoms with E-state index >= 15 is 0 Å². The van der Waals surface area contributed by atoms with Crippen LogP contribution in [0.25, 0.3) is 11.3 Å². The molecule has 0 atom stereocenters. The van der Waals surface area contributed by atoms with E-state index < -0.39 is 0 Å². The monoisotopic (exact) mass is 188 g/mol. The molecule has 0 spiro atoms. The van der Waals surface area contributed by atoms with Crippen LogP contribution in [0.4, 0.5) is 0 Å². The number of aryl methyl sites for hydroxylation is 1. The van der Waals surface area contributed by atoms with Gasteiger partial charge in [-0.05, 0) is 13.0 Å². The molecular weight excluding hydrogens is 176 g/mol. The van der Waals surface area contributed by atoms with Gasteiger partial charge in [-0.25, -0.2) is 0 Å². The second kappa shape index (κ2) is 3.64. The zero-order chi connectivity index (χ0) is 9.97. The van der Waals surface area contributed by atoms with Gasteiger partial charge in [0.25, 0.3) is 0 Å². The normalized spacial score (nSPS) is 10.4. The van der Waals surface area contributed by atoms with Crippen molar-refractivity contribution in [3.05, 3.63) is 41.6 Å². The molecule has 3 heteroatoms. The Labute approximate surface area is 82.4 Å². The zero-order valence-corrected chi connectivity index (χ0v) is 7.99. The van der Waals surface area contributed by atoms with E-state index in [9.17, 15) is 0 Å². The molecule has 0 radical (unpaired) electrons. The minimum Gasteiger partial charge on any atom is -0.390 e. The van der Waals surface area contributed by atoms with Crippen molar-refractivity contribution in [3.8, 4) is 11.3 Å². The van der Waals surface area contributed by atoms with E-state index in [0.29, 0.717) is 0 Å². The Bertz CT molecular complexity index is 417. The van der Waals surface area contributed by atoms with Crippen molar-refractivity contribution < 1.29 is 5.11 Å². The SMILES string of the molecule is Cc1ccc(-c2cc(CO)[nH]n2)cc1. The fourth-order valence-electron chi connectivity index (χ4n) is 1.31. The van der Waals surface area contributed by atoms with Gasteiger partial charge in [0.2, 0.25) is 0 Å². The molecule has 3 nitrogen and oxygen atoms in total. The number of aliphatic hydroxyl groups is 1. The maximum atomic E-state index is 8.87. The maximum Gasteiger partial charge on any atom is 0.0924 e. The van der Waals surface area contributed by atoms with Crippen LogP contribution in [-0.4, -0.2) is 15.3 Å². The van der Waals surface area contributed by atoms with Crippen LogP contribution < -0.4 is 0 Å². The summed E-state index contributed by atoms with van der Waals surface area (Å²) in [5, 5.41) is 15.7. The van der Waals surface area contributed by atoms with Crippen molar-refractivity contribution in [1.29, 1.82) is 0 Å². The molecule has 0 aliphatic rings. The Kier molecular flexibility index (Phi) is 2.33. The van der Waals surface area contributed by atoms with Gasteiger partial charge in [-0.1, -0.05) is 29.8 Å². The highest BCUT2D eigenvalue weighted by molar-refractivity contribution is 5.59. The van der Waals surface area contributed by atoms with Crippen molar-refractivity contribution in [2.75, 3.05) is 0 Å². The van der Waals surface area contributed by atoms with Crippen LogP contribution in [0.2, 0.25) is 0 Å². The molecule has 1 aromatic heterocycles. The van der Waals surface area contributed by atoms with E-state index in [4.69, 9.17) is 5.11 Å². The fourth-order valence-corrected chi connectivity index (χ4v) is 1.31. The number of aromatic nitrogens is 2. The van der Waals surface area contributed by atoms with Crippen LogP contribution in [0.1, 0.15) is 11.3 Å². The van der Waals surface area contributed by atoms with Gasteiger partial charge in [-0.2, -0.15) is 5.10 Å². The Hall–Kier alpha value is -1.61. The van der Waals surface area contributed by atoms with Crippen molar-refractivity contribution >= 4 is 0 Å². The van der Waals surface area contributed by atoms with Crippen molar-refractivity contribution in [3.63, 3.8) is 0 Å². The number of nitrogens with zero attached hydrogens (tertiary/aromatic N) is 1. The van der Waals surface area contributed by atoms with Crippen molar-refractivity contribution in [2.45, 2.75) is 13.5 Å². The molecule has 0 saturated heterocycles. The summed E-state index contributed by atoms with van der Waals surface area (Å²) in [6, 6.07) is 9.98.